The molecular weight excluding hydrogens is 688 g/mol. The monoisotopic (exact) mass is 754 g/mol. The van der Waals surface area contributed by atoms with Gasteiger partial charge in [-0.25, -0.2) is 9.59 Å². The number of hydrogen-bond acceptors (Lipinski definition) is 14. The average Bonchev–Trinajstić information content (AvgIpc) is 3.04. The summed E-state index contributed by atoms with van der Waals surface area (Å²) in [5, 5.41) is 10.7. The Morgan fingerprint density at radius 3 is 0.846 bits per heavy atom. The average molecular weight is 755 g/mol. The number of hydrogen-bond donors (Lipinski definition) is 4. The summed E-state index contributed by atoms with van der Waals surface area (Å²) in [7, 11) is 0. The maximum Gasteiger partial charge on any atom is 0.407 e. The van der Waals surface area contributed by atoms with Crippen LogP contribution in [-0.4, -0.2) is 167 Å². The van der Waals surface area contributed by atoms with E-state index in [1.54, 1.807) is 41.5 Å². The molecule has 0 spiro atoms. The lowest BCUT2D eigenvalue weighted by atomic mass is 10.2. The Labute approximate surface area is 309 Å². The highest BCUT2D eigenvalue weighted by molar-refractivity contribution is 5.76. The molecule has 0 radical (unpaired) electrons. The molecule has 0 aliphatic heterocycles. The number of amides is 4. The molecule has 4 N–H and O–H groups in total. The zero-order chi connectivity index (χ0) is 38.8. The van der Waals surface area contributed by atoms with Crippen LogP contribution in [0.5, 0.6) is 0 Å². The van der Waals surface area contributed by atoms with Gasteiger partial charge in [0.1, 0.15) is 11.2 Å². The molecule has 0 aliphatic carbocycles. The molecule has 0 bridgehead atoms. The van der Waals surface area contributed by atoms with E-state index in [4.69, 9.17) is 47.4 Å². The number of carbonyl (C=O) groups is 4. The van der Waals surface area contributed by atoms with Crippen molar-refractivity contribution in [3.8, 4) is 0 Å². The third-order valence-electron chi connectivity index (χ3n) is 5.77. The number of carbonyl (C=O) groups excluding carboxylic acids is 4. The van der Waals surface area contributed by atoms with Crippen molar-refractivity contribution in [3.63, 3.8) is 0 Å². The van der Waals surface area contributed by atoms with Crippen LogP contribution in [0.1, 0.15) is 54.4 Å². The standard InChI is InChI=1S/C34H66N4O14/c1-33(2,3)51-31(41)37-11-17-47-23-21-45-15-9-35-29(39)7-13-43-19-25-49-27-28-50-26-20-44-14-8-30(40)36-10-16-46-22-24-48-18-12-38-32(42)52-34(4,5)6/h7-28H2,1-6H3,(H,35,39)(H,36,40)(H,37,41)(H,38,42). The second kappa shape index (κ2) is 32.8. The summed E-state index contributed by atoms with van der Waals surface area (Å²) in [4.78, 5) is 46.7. The van der Waals surface area contributed by atoms with Crippen molar-refractivity contribution in [2.24, 2.45) is 0 Å². The van der Waals surface area contributed by atoms with Gasteiger partial charge in [0.25, 0.3) is 0 Å². The van der Waals surface area contributed by atoms with Gasteiger partial charge in [0.15, 0.2) is 0 Å². The van der Waals surface area contributed by atoms with Crippen molar-refractivity contribution in [2.75, 3.05) is 132 Å². The SMILES string of the molecule is CC(C)(C)OC(=O)NCCOCCOCCNC(=O)CCOCCOCCOCCOCCC(=O)NCCOCCOCCNC(=O)OC(C)(C)C. The first-order valence-electron chi connectivity index (χ1n) is 17.9. The molecule has 0 atom stereocenters. The lowest BCUT2D eigenvalue weighted by Crippen LogP contribution is -2.34. The first-order chi connectivity index (χ1) is 24.8. The lowest BCUT2D eigenvalue weighted by molar-refractivity contribution is -0.123. The van der Waals surface area contributed by atoms with E-state index in [1.165, 1.54) is 0 Å². The van der Waals surface area contributed by atoms with E-state index in [0.29, 0.717) is 119 Å². The number of alkyl carbamates (subject to hydrolysis) is 2. The van der Waals surface area contributed by atoms with Crippen molar-refractivity contribution in [1.82, 2.24) is 21.3 Å². The maximum atomic E-state index is 11.9. The summed E-state index contributed by atoms with van der Waals surface area (Å²) >= 11 is 0. The van der Waals surface area contributed by atoms with E-state index in [-0.39, 0.29) is 37.9 Å². The molecule has 0 aliphatic rings. The van der Waals surface area contributed by atoms with Crippen LogP contribution in [0.25, 0.3) is 0 Å². The minimum Gasteiger partial charge on any atom is -0.444 e. The Balaban J connectivity index is 3.31. The fourth-order valence-corrected chi connectivity index (χ4v) is 3.52. The Hall–Kier alpha value is -2.84. The van der Waals surface area contributed by atoms with Gasteiger partial charge >= 0.3 is 12.2 Å². The maximum absolute atomic E-state index is 11.9. The smallest absolute Gasteiger partial charge is 0.407 e. The first-order valence-corrected chi connectivity index (χ1v) is 17.9. The largest absolute Gasteiger partial charge is 0.444 e. The topological polar surface area (TPSA) is 209 Å². The van der Waals surface area contributed by atoms with Crippen LogP contribution in [-0.2, 0) is 57.0 Å². The molecule has 0 saturated heterocycles. The third-order valence-corrected chi connectivity index (χ3v) is 5.77. The molecule has 52 heavy (non-hydrogen) atoms. The fraction of sp³-hybridized carbons (Fsp3) is 0.882. The second-order valence-corrected chi connectivity index (χ2v) is 13.0. The zero-order valence-electron chi connectivity index (χ0n) is 32.3. The van der Waals surface area contributed by atoms with Crippen molar-refractivity contribution < 1.29 is 66.5 Å². The molecular formula is C34H66N4O14. The number of rotatable bonds is 33. The summed E-state index contributed by atoms with van der Waals surface area (Å²) in [6, 6.07) is 0. The molecule has 0 rings (SSSR count). The Bertz CT molecular complexity index is 844. The van der Waals surface area contributed by atoms with Crippen molar-refractivity contribution >= 4 is 24.0 Å². The van der Waals surface area contributed by atoms with Gasteiger partial charge in [-0.15, -0.1) is 0 Å². The molecule has 0 fully saturated rings. The fourth-order valence-electron chi connectivity index (χ4n) is 3.52. The summed E-state index contributed by atoms with van der Waals surface area (Å²) in [6.45, 7) is 18.1. The van der Waals surface area contributed by atoms with E-state index in [1.807, 2.05) is 0 Å². The molecule has 18 nitrogen and oxygen atoms in total. The van der Waals surface area contributed by atoms with Crippen LogP contribution >= 0.6 is 0 Å². The summed E-state index contributed by atoms with van der Waals surface area (Å²) < 4.78 is 53.5. The molecule has 306 valence electrons. The number of ether oxygens (including phenoxy) is 10. The van der Waals surface area contributed by atoms with Gasteiger partial charge in [-0.1, -0.05) is 0 Å². The quantitative estimate of drug-likeness (QED) is 0.0695. The highest BCUT2D eigenvalue weighted by Crippen LogP contribution is 2.06. The molecule has 0 aromatic carbocycles. The highest BCUT2D eigenvalue weighted by Gasteiger charge is 2.16. The molecule has 0 heterocycles. The van der Waals surface area contributed by atoms with E-state index in [0.717, 1.165) is 0 Å². The van der Waals surface area contributed by atoms with Crippen LogP contribution in [0.4, 0.5) is 9.59 Å². The van der Waals surface area contributed by atoms with E-state index in [2.05, 4.69) is 21.3 Å². The van der Waals surface area contributed by atoms with Crippen LogP contribution < -0.4 is 21.3 Å². The van der Waals surface area contributed by atoms with Gasteiger partial charge in [-0.3, -0.25) is 9.59 Å². The number of nitrogens with one attached hydrogen (secondary N) is 4. The van der Waals surface area contributed by atoms with Gasteiger partial charge in [-0.05, 0) is 41.5 Å². The first kappa shape index (κ1) is 49.2. The third kappa shape index (κ3) is 39.9. The van der Waals surface area contributed by atoms with Gasteiger partial charge < -0.3 is 68.6 Å². The lowest BCUT2D eigenvalue weighted by Gasteiger charge is -2.19. The van der Waals surface area contributed by atoms with Gasteiger partial charge in [0, 0.05) is 39.0 Å². The second-order valence-electron chi connectivity index (χ2n) is 13.0. The van der Waals surface area contributed by atoms with Crippen LogP contribution in [0, 0.1) is 0 Å². The minimum absolute atomic E-state index is 0.127. The zero-order valence-corrected chi connectivity index (χ0v) is 32.3. The highest BCUT2D eigenvalue weighted by atomic mass is 16.6. The van der Waals surface area contributed by atoms with Crippen LogP contribution in [0.3, 0.4) is 0 Å². The van der Waals surface area contributed by atoms with Crippen molar-refractivity contribution in [2.45, 2.75) is 65.6 Å². The molecule has 0 aromatic heterocycles. The summed E-state index contributed by atoms with van der Waals surface area (Å²) in [5.41, 5.74) is -1.08. The van der Waals surface area contributed by atoms with E-state index < -0.39 is 23.4 Å². The van der Waals surface area contributed by atoms with Crippen molar-refractivity contribution in [1.29, 1.82) is 0 Å². The van der Waals surface area contributed by atoms with Crippen molar-refractivity contribution in [3.05, 3.63) is 0 Å². The molecule has 18 heteroatoms. The van der Waals surface area contributed by atoms with Gasteiger partial charge in [0.05, 0.1) is 106 Å². The van der Waals surface area contributed by atoms with Crippen LogP contribution in [0.15, 0.2) is 0 Å². The Morgan fingerprint density at radius 1 is 0.346 bits per heavy atom. The van der Waals surface area contributed by atoms with E-state index in [9.17, 15) is 19.2 Å². The Kier molecular flexibility index (Phi) is 31.0. The molecule has 0 aromatic rings. The van der Waals surface area contributed by atoms with Gasteiger partial charge in [-0.2, -0.15) is 0 Å². The Morgan fingerprint density at radius 2 is 0.577 bits per heavy atom. The summed E-state index contributed by atoms with van der Waals surface area (Å²) in [5.74, 6) is -0.254. The normalized spacial score (nSPS) is 11.6. The minimum atomic E-state index is -0.538. The van der Waals surface area contributed by atoms with E-state index >= 15 is 0 Å². The molecule has 0 unspecified atom stereocenters. The summed E-state index contributed by atoms with van der Waals surface area (Å²) in [6.07, 6.45) is -0.484. The molecule has 0 saturated carbocycles. The van der Waals surface area contributed by atoms with Crippen LogP contribution in [0.2, 0.25) is 0 Å². The van der Waals surface area contributed by atoms with Gasteiger partial charge in [0.2, 0.25) is 11.8 Å². The predicted molar refractivity (Wildman–Crippen MR) is 190 cm³/mol. The predicted octanol–water partition coefficient (Wildman–Crippen LogP) is 1.18. The molecule has 4 amide bonds.